The highest BCUT2D eigenvalue weighted by atomic mass is 16.5. The minimum atomic E-state index is -0.566. The fraction of sp³-hybridized carbons (Fsp3) is 0.800. The zero-order valence-electron chi connectivity index (χ0n) is 21.3. The molecular formula is C30H47NO2. The first-order valence-electron chi connectivity index (χ1n) is 14.0. The van der Waals surface area contributed by atoms with Gasteiger partial charge in [-0.25, -0.2) is 0 Å². The van der Waals surface area contributed by atoms with Gasteiger partial charge in [0.1, 0.15) is 0 Å². The monoisotopic (exact) mass is 453 g/mol. The third kappa shape index (κ3) is 4.43. The number of hydrogen-bond acceptors (Lipinski definition) is 3. The fourth-order valence-electron chi connectivity index (χ4n) is 9.48. The predicted molar refractivity (Wildman–Crippen MR) is 135 cm³/mol. The molecule has 3 heteroatoms. The molecule has 9 atom stereocenters. The zero-order valence-corrected chi connectivity index (χ0v) is 21.3. The van der Waals surface area contributed by atoms with Crippen molar-refractivity contribution in [2.75, 3.05) is 13.7 Å². The summed E-state index contributed by atoms with van der Waals surface area (Å²) in [5.41, 5.74) is 1.34. The highest BCUT2D eigenvalue weighted by Gasteiger charge is 2.58. The summed E-state index contributed by atoms with van der Waals surface area (Å²) in [6, 6.07) is 11.6. The molecule has 0 bridgehead atoms. The van der Waals surface area contributed by atoms with E-state index in [-0.39, 0.29) is 0 Å². The molecule has 33 heavy (non-hydrogen) atoms. The van der Waals surface area contributed by atoms with Crippen LogP contribution in [0, 0.1) is 40.9 Å². The van der Waals surface area contributed by atoms with Gasteiger partial charge in [0.05, 0.1) is 12.2 Å². The molecule has 1 aromatic rings. The van der Waals surface area contributed by atoms with Crippen molar-refractivity contribution in [1.29, 1.82) is 0 Å². The standard InChI is InChI=1S/C30H47NO2/c1-4-28(31-19-21-8-6-5-7-9-21)27-13-12-26-25-11-10-22-18-30(32,20-33-3)17-15-23(22)24(25)14-16-29(26,27)2/h5-9,22-28,31-32H,4,10-20H2,1-3H3/t22-,23+,24-,25-,26+,27-,28+,29+,30-/m1/s1. The topological polar surface area (TPSA) is 41.5 Å². The van der Waals surface area contributed by atoms with E-state index >= 15 is 0 Å². The molecule has 4 aliphatic rings. The Morgan fingerprint density at radius 1 is 1.00 bits per heavy atom. The van der Waals surface area contributed by atoms with Crippen molar-refractivity contribution in [2.24, 2.45) is 40.9 Å². The number of methoxy groups -OCH3 is 1. The van der Waals surface area contributed by atoms with Gasteiger partial charge in [-0.3, -0.25) is 0 Å². The molecule has 184 valence electrons. The first-order valence-corrected chi connectivity index (χ1v) is 14.0. The molecule has 0 amide bonds. The summed E-state index contributed by atoms with van der Waals surface area (Å²) in [4.78, 5) is 0. The summed E-state index contributed by atoms with van der Waals surface area (Å²) in [6.45, 7) is 6.57. The number of rotatable bonds is 7. The van der Waals surface area contributed by atoms with Gasteiger partial charge in [-0.1, -0.05) is 44.2 Å². The SMILES string of the molecule is CC[C@H](NCc1ccccc1)[C@H]1CC[C@H]2[C@@H]3CC[C@@H]4C[C@@](O)(COC)CC[C@@H]4[C@H]3CC[C@]12C. The maximum Gasteiger partial charge on any atom is 0.0882 e. The fourth-order valence-corrected chi connectivity index (χ4v) is 9.48. The van der Waals surface area contributed by atoms with E-state index in [0.717, 1.165) is 54.9 Å². The predicted octanol–water partition coefficient (Wildman–Crippen LogP) is 6.20. The molecule has 0 saturated heterocycles. The van der Waals surface area contributed by atoms with Crippen LogP contribution in [0.1, 0.15) is 83.6 Å². The zero-order chi connectivity index (χ0) is 23.1. The number of fused-ring (bicyclic) bond motifs is 5. The Labute approximate surface area is 202 Å². The van der Waals surface area contributed by atoms with Gasteiger partial charge in [0.2, 0.25) is 0 Å². The van der Waals surface area contributed by atoms with Crippen LogP contribution in [-0.2, 0) is 11.3 Å². The number of aliphatic hydroxyl groups is 1. The van der Waals surface area contributed by atoms with E-state index in [1.807, 2.05) is 0 Å². The lowest BCUT2D eigenvalue weighted by atomic mass is 9.48. The second-order valence-corrected chi connectivity index (χ2v) is 12.4. The van der Waals surface area contributed by atoms with Crippen LogP contribution in [0.2, 0.25) is 0 Å². The van der Waals surface area contributed by atoms with E-state index in [0.29, 0.717) is 18.1 Å². The van der Waals surface area contributed by atoms with Crippen LogP contribution in [0.15, 0.2) is 30.3 Å². The quantitative estimate of drug-likeness (QED) is 0.516. The molecule has 4 saturated carbocycles. The number of hydrogen-bond donors (Lipinski definition) is 2. The molecule has 0 aromatic heterocycles. The number of nitrogens with one attached hydrogen (secondary N) is 1. The average molecular weight is 454 g/mol. The molecule has 0 aliphatic heterocycles. The molecule has 4 aliphatic carbocycles. The largest absolute Gasteiger partial charge is 0.387 e. The van der Waals surface area contributed by atoms with Gasteiger partial charge < -0.3 is 15.2 Å². The molecule has 0 heterocycles. The van der Waals surface area contributed by atoms with Crippen LogP contribution in [0.25, 0.3) is 0 Å². The summed E-state index contributed by atoms with van der Waals surface area (Å²) in [5.74, 6) is 5.13. The van der Waals surface area contributed by atoms with Crippen molar-refractivity contribution in [2.45, 2.75) is 96.2 Å². The summed E-state index contributed by atoms with van der Waals surface area (Å²) in [6.07, 6.45) is 12.8. The van der Waals surface area contributed by atoms with Gasteiger partial charge in [-0.2, -0.15) is 0 Å². The van der Waals surface area contributed by atoms with E-state index in [1.54, 1.807) is 7.11 Å². The number of ether oxygens (including phenoxy) is 1. The van der Waals surface area contributed by atoms with Crippen LogP contribution in [0.4, 0.5) is 0 Å². The Kier molecular flexibility index (Phi) is 6.95. The van der Waals surface area contributed by atoms with Crippen molar-refractivity contribution in [3.8, 4) is 0 Å². The molecule has 0 radical (unpaired) electrons. The smallest absolute Gasteiger partial charge is 0.0882 e. The van der Waals surface area contributed by atoms with Crippen molar-refractivity contribution >= 4 is 0 Å². The van der Waals surface area contributed by atoms with Gasteiger partial charge in [0, 0.05) is 19.7 Å². The Hall–Kier alpha value is -0.900. The van der Waals surface area contributed by atoms with Gasteiger partial charge in [-0.05, 0) is 111 Å². The molecule has 5 rings (SSSR count). The molecule has 0 unspecified atom stereocenters. The minimum absolute atomic E-state index is 0.504. The van der Waals surface area contributed by atoms with E-state index in [2.05, 4.69) is 49.5 Å². The molecule has 3 nitrogen and oxygen atoms in total. The second kappa shape index (κ2) is 9.63. The Morgan fingerprint density at radius 3 is 2.55 bits per heavy atom. The third-order valence-corrected chi connectivity index (χ3v) is 10.9. The summed E-state index contributed by atoms with van der Waals surface area (Å²) >= 11 is 0. The van der Waals surface area contributed by atoms with E-state index in [1.165, 1.54) is 56.9 Å². The molecular weight excluding hydrogens is 406 g/mol. The van der Waals surface area contributed by atoms with Crippen LogP contribution >= 0.6 is 0 Å². The van der Waals surface area contributed by atoms with E-state index in [4.69, 9.17) is 4.74 Å². The summed E-state index contributed by atoms with van der Waals surface area (Å²) < 4.78 is 5.38. The highest BCUT2D eigenvalue weighted by molar-refractivity contribution is 5.15. The van der Waals surface area contributed by atoms with Gasteiger partial charge in [-0.15, -0.1) is 0 Å². The Morgan fingerprint density at radius 2 is 1.79 bits per heavy atom. The lowest BCUT2D eigenvalue weighted by Gasteiger charge is -2.57. The minimum Gasteiger partial charge on any atom is -0.387 e. The van der Waals surface area contributed by atoms with E-state index < -0.39 is 5.60 Å². The second-order valence-electron chi connectivity index (χ2n) is 12.4. The van der Waals surface area contributed by atoms with Crippen LogP contribution in [-0.4, -0.2) is 30.5 Å². The summed E-state index contributed by atoms with van der Waals surface area (Å²) in [7, 11) is 1.73. The summed E-state index contributed by atoms with van der Waals surface area (Å²) in [5, 5.41) is 15.0. The Bertz CT molecular complexity index is 783. The number of benzene rings is 1. The first kappa shape index (κ1) is 23.8. The lowest BCUT2D eigenvalue weighted by Crippen LogP contribution is -2.53. The van der Waals surface area contributed by atoms with Gasteiger partial charge in [0.25, 0.3) is 0 Å². The lowest BCUT2D eigenvalue weighted by molar-refractivity contribution is -0.125. The molecule has 1 aromatic carbocycles. The first-order chi connectivity index (χ1) is 16.0. The van der Waals surface area contributed by atoms with Gasteiger partial charge >= 0.3 is 0 Å². The molecule has 4 fully saturated rings. The maximum absolute atomic E-state index is 11.0. The van der Waals surface area contributed by atoms with Crippen LogP contribution in [0.3, 0.4) is 0 Å². The maximum atomic E-state index is 11.0. The van der Waals surface area contributed by atoms with Gasteiger partial charge in [0.15, 0.2) is 0 Å². The molecule has 0 spiro atoms. The molecule has 2 N–H and O–H groups in total. The Balaban J connectivity index is 1.26. The van der Waals surface area contributed by atoms with E-state index in [9.17, 15) is 5.11 Å². The van der Waals surface area contributed by atoms with Crippen molar-refractivity contribution < 1.29 is 9.84 Å². The van der Waals surface area contributed by atoms with Crippen molar-refractivity contribution in [3.05, 3.63) is 35.9 Å². The normalized spacial score (nSPS) is 43.4. The van der Waals surface area contributed by atoms with Crippen molar-refractivity contribution in [3.63, 3.8) is 0 Å². The van der Waals surface area contributed by atoms with Crippen LogP contribution < -0.4 is 5.32 Å². The average Bonchev–Trinajstić information content (AvgIpc) is 3.17. The van der Waals surface area contributed by atoms with Crippen molar-refractivity contribution in [1.82, 2.24) is 5.32 Å². The van der Waals surface area contributed by atoms with Crippen LogP contribution in [0.5, 0.6) is 0 Å². The third-order valence-electron chi connectivity index (χ3n) is 10.9. The highest BCUT2D eigenvalue weighted by Crippen LogP contribution is 2.65.